The van der Waals surface area contributed by atoms with Crippen molar-refractivity contribution in [1.29, 1.82) is 0 Å². The van der Waals surface area contributed by atoms with Crippen molar-refractivity contribution in [2.45, 2.75) is 40.2 Å². The molecule has 2 N–H and O–H groups in total. The van der Waals surface area contributed by atoms with Crippen LogP contribution < -0.4 is 5.73 Å². The summed E-state index contributed by atoms with van der Waals surface area (Å²) in [5, 5.41) is 0. The molecule has 1 heterocycles. The molecule has 0 unspecified atom stereocenters. The van der Waals surface area contributed by atoms with E-state index in [4.69, 9.17) is 18.0 Å². The van der Waals surface area contributed by atoms with E-state index in [1.165, 1.54) is 31.5 Å². The van der Waals surface area contributed by atoms with Crippen LogP contribution in [0.4, 0.5) is 0 Å². The van der Waals surface area contributed by atoms with E-state index >= 15 is 0 Å². The van der Waals surface area contributed by atoms with Gasteiger partial charge in [-0.2, -0.15) is 0 Å². The highest BCUT2D eigenvalue weighted by Crippen LogP contribution is 2.34. The van der Waals surface area contributed by atoms with E-state index in [1.807, 2.05) is 12.1 Å². The zero-order chi connectivity index (χ0) is 14.8. The van der Waals surface area contributed by atoms with Gasteiger partial charge in [-0.3, -0.25) is 4.90 Å². The summed E-state index contributed by atoms with van der Waals surface area (Å²) in [6.45, 7) is 10.5. The summed E-state index contributed by atoms with van der Waals surface area (Å²) in [6.07, 6.45) is 2.63. The summed E-state index contributed by atoms with van der Waals surface area (Å²) in [5.41, 5.74) is 8.37. The first-order chi connectivity index (χ1) is 9.36. The number of benzene rings is 1. The monoisotopic (exact) mass is 290 g/mol. The van der Waals surface area contributed by atoms with Gasteiger partial charge in [-0.25, -0.2) is 0 Å². The van der Waals surface area contributed by atoms with Crippen molar-refractivity contribution < 1.29 is 0 Å². The number of hydrogen-bond acceptors (Lipinski definition) is 2. The van der Waals surface area contributed by atoms with Crippen LogP contribution in [0.2, 0.25) is 0 Å². The Kier molecular flexibility index (Phi) is 4.82. The number of rotatable bonds is 3. The maximum atomic E-state index is 5.63. The largest absolute Gasteiger partial charge is 0.389 e. The molecule has 1 aromatic carbocycles. The molecule has 110 valence electrons. The molecule has 2 nitrogen and oxygen atoms in total. The van der Waals surface area contributed by atoms with Crippen molar-refractivity contribution in [2.24, 2.45) is 17.1 Å². The van der Waals surface area contributed by atoms with Gasteiger partial charge in [-0.15, -0.1) is 0 Å². The fourth-order valence-electron chi connectivity index (χ4n) is 2.99. The minimum absolute atomic E-state index is 0.449. The molecular formula is C17H26N2S. The molecule has 1 aromatic rings. The highest BCUT2D eigenvalue weighted by Gasteiger charge is 2.28. The van der Waals surface area contributed by atoms with Crippen LogP contribution in [0.15, 0.2) is 24.3 Å². The predicted molar refractivity (Wildman–Crippen MR) is 89.8 cm³/mol. The average Bonchev–Trinajstić information content (AvgIpc) is 2.39. The molecule has 1 fully saturated rings. The highest BCUT2D eigenvalue weighted by molar-refractivity contribution is 7.80. The van der Waals surface area contributed by atoms with Gasteiger partial charge in [0.2, 0.25) is 0 Å². The maximum Gasteiger partial charge on any atom is 0.103 e. The second kappa shape index (κ2) is 6.23. The first kappa shape index (κ1) is 15.5. The highest BCUT2D eigenvalue weighted by atomic mass is 32.1. The third-order valence-corrected chi connectivity index (χ3v) is 4.69. The van der Waals surface area contributed by atoms with Gasteiger partial charge in [0, 0.05) is 12.1 Å². The van der Waals surface area contributed by atoms with Crippen molar-refractivity contribution in [3.8, 4) is 0 Å². The van der Waals surface area contributed by atoms with Crippen LogP contribution in [0.3, 0.4) is 0 Å². The van der Waals surface area contributed by atoms with Gasteiger partial charge < -0.3 is 5.73 Å². The Labute approximate surface area is 128 Å². The molecule has 0 bridgehead atoms. The zero-order valence-electron chi connectivity index (χ0n) is 12.9. The van der Waals surface area contributed by atoms with E-state index in [1.54, 1.807) is 0 Å². The molecule has 1 aliphatic heterocycles. The Balaban J connectivity index is 1.88. The first-order valence-electron chi connectivity index (χ1n) is 7.47. The van der Waals surface area contributed by atoms with Crippen molar-refractivity contribution in [3.63, 3.8) is 0 Å². The van der Waals surface area contributed by atoms with E-state index in [-0.39, 0.29) is 0 Å². The zero-order valence-corrected chi connectivity index (χ0v) is 13.7. The number of hydrogen-bond donors (Lipinski definition) is 1. The molecule has 0 saturated carbocycles. The molecule has 1 aliphatic rings. The SMILES string of the molecule is CC(C)(C)C1CCN(Cc2ccc(C(N)=S)cc2)CC1. The number of piperidine rings is 1. The molecule has 0 atom stereocenters. The van der Waals surface area contributed by atoms with Crippen molar-refractivity contribution in [1.82, 2.24) is 4.90 Å². The Morgan fingerprint density at radius 3 is 2.20 bits per heavy atom. The van der Waals surface area contributed by atoms with E-state index in [0.29, 0.717) is 10.4 Å². The van der Waals surface area contributed by atoms with Crippen LogP contribution >= 0.6 is 12.2 Å². The van der Waals surface area contributed by atoms with Gasteiger partial charge in [0.1, 0.15) is 4.99 Å². The van der Waals surface area contributed by atoms with Gasteiger partial charge in [0.15, 0.2) is 0 Å². The van der Waals surface area contributed by atoms with Crippen molar-refractivity contribution >= 4 is 17.2 Å². The number of thiocarbonyl (C=S) groups is 1. The minimum atomic E-state index is 0.449. The molecule has 1 saturated heterocycles. The lowest BCUT2D eigenvalue weighted by Crippen LogP contribution is -2.37. The van der Waals surface area contributed by atoms with Crippen LogP contribution in [0.25, 0.3) is 0 Å². The molecule has 0 spiro atoms. The molecular weight excluding hydrogens is 264 g/mol. The second-order valence-electron chi connectivity index (χ2n) is 6.98. The fraction of sp³-hybridized carbons (Fsp3) is 0.588. The molecule has 0 aliphatic carbocycles. The predicted octanol–water partition coefficient (Wildman–Crippen LogP) is 3.58. The van der Waals surface area contributed by atoms with Crippen LogP contribution in [0, 0.1) is 11.3 Å². The number of nitrogens with zero attached hydrogens (tertiary/aromatic N) is 1. The lowest BCUT2D eigenvalue weighted by Gasteiger charge is -2.38. The maximum absolute atomic E-state index is 5.63. The van der Waals surface area contributed by atoms with Gasteiger partial charge >= 0.3 is 0 Å². The topological polar surface area (TPSA) is 29.3 Å². The quantitative estimate of drug-likeness (QED) is 0.863. The summed E-state index contributed by atoms with van der Waals surface area (Å²) in [6, 6.07) is 8.34. The van der Waals surface area contributed by atoms with Crippen molar-refractivity contribution in [2.75, 3.05) is 13.1 Å². The molecule has 2 rings (SSSR count). The fourth-order valence-corrected chi connectivity index (χ4v) is 3.13. The minimum Gasteiger partial charge on any atom is -0.389 e. The van der Waals surface area contributed by atoms with E-state index in [0.717, 1.165) is 18.0 Å². The van der Waals surface area contributed by atoms with Gasteiger partial charge in [0.25, 0.3) is 0 Å². The summed E-state index contributed by atoms with van der Waals surface area (Å²) in [5.74, 6) is 0.857. The van der Waals surface area contributed by atoms with Gasteiger partial charge in [-0.05, 0) is 42.8 Å². The smallest absolute Gasteiger partial charge is 0.103 e. The molecule has 20 heavy (non-hydrogen) atoms. The summed E-state index contributed by atoms with van der Waals surface area (Å²) >= 11 is 4.98. The van der Waals surface area contributed by atoms with Crippen LogP contribution in [-0.2, 0) is 6.54 Å². The van der Waals surface area contributed by atoms with Crippen LogP contribution in [0.5, 0.6) is 0 Å². The second-order valence-corrected chi connectivity index (χ2v) is 7.42. The lowest BCUT2D eigenvalue weighted by molar-refractivity contribution is 0.108. The summed E-state index contributed by atoms with van der Waals surface area (Å²) in [7, 11) is 0. The molecule has 0 radical (unpaired) electrons. The molecule has 0 amide bonds. The Morgan fingerprint density at radius 2 is 1.75 bits per heavy atom. The van der Waals surface area contributed by atoms with Gasteiger partial charge in [0.05, 0.1) is 0 Å². The number of nitrogens with two attached hydrogens (primary N) is 1. The summed E-state index contributed by atoms with van der Waals surface area (Å²) in [4.78, 5) is 3.03. The lowest BCUT2D eigenvalue weighted by atomic mass is 9.75. The van der Waals surface area contributed by atoms with E-state index < -0.39 is 0 Å². The van der Waals surface area contributed by atoms with Gasteiger partial charge in [-0.1, -0.05) is 57.3 Å². The molecule has 3 heteroatoms. The number of likely N-dealkylation sites (tertiary alicyclic amines) is 1. The molecule has 0 aromatic heterocycles. The Morgan fingerprint density at radius 1 is 1.20 bits per heavy atom. The van der Waals surface area contributed by atoms with Crippen LogP contribution in [0.1, 0.15) is 44.7 Å². The first-order valence-corrected chi connectivity index (χ1v) is 7.88. The van der Waals surface area contributed by atoms with Crippen LogP contribution in [-0.4, -0.2) is 23.0 Å². The van der Waals surface area contributed by atoms with Crippen molar-refractivity contribution in [3.05, 3.63) is 35.4 Å². The van der Waals surface area contributed by atoms with E-state index in [9.17, 15) is 0 Å². The Bertz CT molecular complexity index is 451. The summed E-state index contributed by atoms with van der Waals surface area (Å²) < 4.78 is 0. The Hall–Kier alpha value is -0.930. The normalized spacial score (nSPS) is 18.1. The average molecular weight is 290 g/mol. The van der Waals surface area contributed by atoms with E-state index in [2.05, 4.69) is 37.8 Å². The third kappa shape index (κ3) is 4.03. The standard InChI is InChI=1S/C17H26N2S/c1-17(2,3)15-8-10-19(11-9-15)12-13-4-6-14(7-5-13)16(18)20/h4-7,15H,8-12H2,1-3H3,(H2,18,20). The third-order valence-electron chi connectivity index (χ3n) is 4.46.